The quantitative estimate of drug-likeness (QED) is 0.712. The summed E-state index contributed by atoms with van der Waals surface area (Å²) in [4.78, 5) is 2.39. The van der Waals surface area contributed by atoms with Crippen molar-refractivity contribution in [2.24, 2.45) is 5.92 Å². The molecule has 0 radical (unpaired) electrons. The van der Waals surface area contributed by atoms with E-state index in [1.165, 1.54) is 25.9 Å². The maximum Gasteiger partial charge on any atom is 0.0774 e. The maximum atomic E-state index is 10.4. The van der Waals surface area contributed by atoms with Gasteiger partial charge in [-0.25, -0.2) is 0 Å². The van der Waals surface area contributed by atoms with Crippen LogP contribution in [-0.4, -0.2) is 48.8 Å². The van der Waals surface area contributed by atoms with E-state index in [1.54, 1.807) is 0 Å². The molecule has 0 aromatic heterocycles. The monoisotopic (exact) mass is 212 g/mol. The molecule has 2 heterocycles. The van der Waals surface area contributed by atoms with Gasteiger partial charge in [-0.2, -0.15) is 0 Å². The molecule has 1 atom stereocenters. The first-order valence-corrected chi connectivity index (χ1v) is 6.30. The van der Waals surface area contributed by atoms with E-state index in [1.807, 2.05) is 0 Å². The van der Waals surface area contributed by atoms with Gasteiger partial charge >= 0.3 is 0 Å². The van der Waals surface area contributed by atoms with E-state index < -0.39 is 5.60 Å². The molecule has 2 saturated heterocycles. The molecule has 2 fully saturated rings. The molecule has 0 aliphatic carbocycles. The normalized spacial score (nSPS) is 35.6. The summed E-state index contributed by atoms with van der Waals surface area (Å²) in [5.74, 6) is 0.742. The van der Waals surface area contributed by atoms with E-state index in [-0.39, 0.29) is 0 Å². The number of likely N-dealkylation sites (tertiary alicyclic amines) is 1. The molecule has 2 rings (SSSR count). The van der Waals surface area contributed by atoms with Gasteiger partial charge in [0.25, 0.3) is 0 Å². The second-order valence-electron chi connectivity index (χ2n) is 5.46. The number of hydrogen-bond donors (Lipinski definition) is 2. The highest BCUT2D eigenvalue weighted by Crippen LogP contribution is 2.29. The smallest absolute Gasteiger partial charge is 0.0774 e. The highest BCUT2D eigenvalue weighted by Gasteiger charge is 2.32. The van der Waals surface area contributed by atoms with E-state index in [0.29, 0.717) is 0 Å². The second-order valence-corrected chi connectivity index (χ2v) is 5.46. The molecule has 2 N–H and O–H groups in total. The Bertz CT molecular complexity index is 194. The molecule has 2 aliphatic rings. The van der Waals surface area contributed by atoms with Crippen molar-refractivity contribution in [2.45, 2.75) is 37.7 Å². The van der Waals surface area contributed by atoms with Crippen molar-refractivity contribution in [2.75, 3.05) is 33.2 Å². The Morgan fingerprint density at radius 1 is 1.40 bits per heavy atom. The van der Waals surface area contributed by atoms with Crippen molar-refractivity contribution in [3.8, 4) is 0 Å². The third kappa shape index (κ3) is 3.16. The van der Waals surface area contributed by atoms with Gasteiger partial charge in [-0.05, 0) is 64.7 Å². The zero-order chi connectivity index (χ0) is 10.7. The average molecular weight is 212 g/mol. The Kier molecular flexibility index (Phi) is 3.65. The summed E-state index contributed by atoms with van der Waals surface area (Å²) in [5, 5.41) is 13.7. The van der Waals surface area contributed by atoms with Gasteiger partial charge in [0.15, 0.2) is 0 Å². The summed E-state index contributed by atoms with van der Waals surface area (Å²) >= 11 is 0. The Hall–Kier alpha value is -0.120. The van der Waals surface area contributed by atoms with Crippen molar-refractivity contribution in [1.29, 1.82) is 0 Å². The van der Waals surface area contributed by atoms with Crippen LogP contribution in [0.15, 0.2) is 0 Å². The van der Waals surface area contributed by atoms with E-state index in [4.69, 9.17) is 0 Å². The number of aliphatic hydroxyl groups is 1. The average Bonchev–Trinajstić information content (AvgIpc) is 2.22. The summed E-state index contributed by atoms with van der Waals surface area (Å²) < 4.78 is 0. The van der Waals surface area contributed by atoms with Crippen LogP contribution in [0.2, 0.25) is 0 Å². The van der Waals surface area contributed by atoms with E-state index in [9.17, 15) is 5.11 Å². The minimum absolute atomic E-state index is 0.404. The van der Waals surface area contributed by atoms with Crippen LogP contribution in [0, 0.1) is 5.92 Å². The fraction of sp³-hybridized carbons (Fsp3) is 1.00. The molecule has 3 nitrogen and oxygen atoms in total. The minimum atomic E-state index is -0.404. The van der Waals surface area contributed by atoms with Crippen LogP contribution >= 0.6 is 0 Å². The first-order chi connectivity index (χ1) is 7.18. The lowest BCUT2D eigenvalue weighted by molar-refractivity contribution is -0.0132. The van der Waals surface area contributed by atoms with Gasteiger partial charge in [0.05, 0.1) is 5.60 Å². The molecular weight excluding hydrogens is 188 g/mol. The summed E-state index contributed by atoms with van der Waals surface area (Å²) in [6, 6.07) is 0. The fourth-order valence-corrected chi connectivity index (χ4v) is 2.93. The minimum Gasteiger partial charge on any atom is -0.389 e. The lowest BCUT2D eigenvalue weighted by Crippen LogP contribution is -2.47. The molecular formula is C12H24N2O. The van der Waals surface area contributed by atoms with Crippen molar-refractivity contribution in [1.82, 2.24) is 10.2 Å². The van der Waals surface area contributed by atoms with Gasteiger partial charge in [0.2, 0.25) is 0 Å². The van der Waals surface area contributed by atoms with Crippen LogP contribution in [0.1, 0.15) is 32.1 Å². The number of β-amino-alcohol motifs (C(OH)–C–C–N with tert-alkyl or cyclic N) is 1. The third-order valence-electron chi connectivity index (χ3n) is 3.96. The van der Waals surface area contributed by atoms with Crippen LogP contribution in [0.3, 0.4) is 0 Å². The first kappa shape index (κ1) is 11.4. The molecule has 3 heteroatoms. The largest absolute Gasteiger partial charge is 0.389 e. The Labute approximate surface area is 92.8 Å². The Morgan fingerprint density at radius 3 is 2.73 bits per heavy atom. The second kappa shape index (κ2) is 4.81. The van der Waals surface area contributed by atoms with Gasteiger partial charge in [-0.15, -0.1) is 0 Å². The predicted molar refractivity (Wildman–Crippen MR) is 61.9 cm³/mol. The molecule has 0 aromatic carbocycles. The van der Waals surface area contributed by atoms with E-state index in [2.05, 4.69) is 17.3 Å². The molecule has 0 saturated carbocycles. The topological polar surface area (TPSA) is 35.5 Å². The lowest BCUT2D eigenvalue weighted by Gasteiger charge is -2.38. The fourth-order valence-electron chi connectivity index (χ4n) is 2.93. The van der Waals surface area contributed by atoms with Gasteiger partial charge < -0.3 is 15.3 Å². The van der Waals surface area contributed by atoms with Crippen molar-refractivity contribution >= 4 is 0 Å². The summed E-state index contributed by atoms with van der Waals surface area (Å²) in [5.41, 5.74) is -0.404. The van der Waals surface area contributed by atoms with Crippen LogP contribution in [-0.2, 0) is 0 Å². The molecule has 0 spiro atoms. The highest BCUT2D eigenvalue weighted by molar-refractivity contribution is 4.88. The highest BCUT2D eigenvalue weighted by atomic mass is 16.3. The van der Waals surface area contributed by atoms with Gasteiger partial charge in [-0.3, -0.25) is 0 Å². The van der Waals surface area contributed by atoms with Crippen molar-refractivity contribution in [3.63, 3.8) is 0 Å². The van der Waals surface area contributed by atoms with Crippen LogP contribution < -0.4 is 5.32 Å². The van der Waals surface area contributed by atoms with Crippen LogP contribution in [0.4, 0.5) is 0 Å². The molecule has 0 aromatic rings. The Balaban J connectivity index is 1.80. The zero-order valence-electron chi connectivity index (χ0n) is 9.84. The predicted octanol–water partition coefficient (Wildman–Crippen LogP) is 0.833. The molecule has 15 heavy (non-hydrogen) atoms. The Morgan fingerprint density at radius 2 is 2.13 bits per heavy atom. The van der Waals surface area contributed by atoms with E-state index >= 15 is 0 Å². The van der Waals surface area contributed by atoms with Crippen LogP contribution in [0.5, 0.6) is 0 Å². The molecule has 88 valence electrons. The summed E-state index contributed by atoms with van der Waals surface area (Å²) in [7, 11) is 2.19. The van der Waals surface area contributed by atoms with Crippen LogP contribution in [0.25, 0.3) is 0 Å². The number of hydrogen-bond acceptors (Lipinski definition) is 3. The van der Waals surface area contributed by atoms with E-state index in [0.717, 1.165) is 38.3 Å². The molecule has 0 amide bonds. The number of nitrogens with zero attached hydrogens (tertiary/aromatic N) is 1. The van der Waals surface area contributed by atoms with Gasteiger partial charge in [-0.1, -0.05) is 0 Å². The summed E-state index contributed by atoms with van der Waals surface area (Å²) in [6.45, 7) is 4.29. The maximum absolute atomic E-state index is 10.4. The number of piperidine rings is 2. The first-order valence-electron chi connectivity index (χ1n) is 6.30. The van der Waals surface area contributed by atoms with Gasteiger partial charge in [0, 0.05) is 6.54 Å². The SMILES string of the molecule is CN1CCC(CC2(O)CCCNC2)CC1. The van der Waals surface area contributed by atoms with Crippen molar-refractivity contribution < 1.29 is 5.11 Å². The number of rotatable bonds is 2. The molecule has 1 unspecified atom stereocenters. The lowest BCUT2D eigenvalue weighted by atomic mass is 9.81. The molecule has 2 aliphatic heterocycles. The van der Waals surface area contributed by atoms with Gasteiger partial charge in [0.1, 0.15) is 0 Å². The third-order valence-corrected chi connectivity index (χ3v) is 3.96. The van der Waals surface area contributed by atoms with Crippen molar-refractivity contribution in [3.05, 3.63) is 0 Å². The number of nitrogens with one attached hydrogen (secondary N) is 1. The summed E-state index contributed by atoms with van der Waals surface area (Å²) in [6.07, 6.45) is 5.65. The molecule has 0 bridgehead atoms. The standard InChI is InChI=1S/C12H24N2O/c1-14-7-3-11(4-8-14)9-12(15)5-2-6-13-10-12/h11,13,15H,2-10H2,1H3. The zero-order valence-corrected chi connectivity index (χ0v) is 9.84.